The summed E-state index contributed by atoms with van der Waals surface area (Å²) in [7, 11) is 0. The second kappa shape index (κ2) is 4.29. The molecule has 2 heterocycles. The average molecular weight is 243 g/mol. The summed E-state index contributed by atoms with van der Waals surface area (Å²) < 4.78 is 0. The first kappa shape index (κ1) is 9.96. The molecule has 0 radical (unpaired) electrons. The lowest BCUT2D eigenvalue weighted by Crippen LogP contribution is -1.88. The van der Waals surface area contributed by atoms with Gasteiger partial charge in [-0.05, 0) is 17.7 Å². The monoisotopic (exact) mass is 242 g/mol. The predicted molar refractivity (Wildman–Crippen MR) is 62.1 cm³/mol. The summed E-state index contributed by atoms with van der Waals surface area (Å²) in [5.74, 6) is 0. The van der Waals surface area contributed by atoms with Gasteiger partial charge in [0, 0.05) is 6.07 Å². The number of aromatic nitrogens is 2. The Labute approximate surface area is 95.4 Å². The van der Waals surface area contributed by atoms with E-state index in [0.717, 1.165) is 10.6 Å². The molecule has 0 fully saturated rings. The highest BCUT2D eigenvalue weighted by Gasteiger charge is 2.05. The summed E-state index contributed by atoms with van der Waals surface area (Å²) in [4.78, 5) is 9.57. The molecule has 0 aliphatic heterocycles. The molecule has 0 N–H and O–H groups in total. The Balaban J connectivity index is 2.48. The molecular formula is C9H7ClN2S2. The van der Waals surface area contributed by atoms with Crippen LogP contribution in [0.3, 0.4) is 0 Å². The van der Waals surface area contributed by atoms with Crippen molar-refractivity contribution in [2.45, 2.75) is 5.16 Å². The van der Waals surface area contributed by atoms with Crippen LogP contribution >= 0.6 is 34.7 Å². The van der Waals surface area contributed by atoms with Crippen molar-refractivity contribution in [3.05, 3.63) is 28.7 Å². The van der Waals surface area contributed by atoms with Crippen LogP contribution in [0.2, 0.25) is 5.15 Å². The predicted octanol–water partition coefficient (Wildman–Crippen LogP) is 3.58. The van der Waals surface area contributed by atoms with Crippen LogP contribution in [0.1, 0.15) is 0 Å². The average Bonchev–Trinajstić information content (AvgIpc) is 2.69. The number of thiophene rings is 1. The fourth-order valence-electron chi connectivity index (χ4n) is 1.04. The van der Waals surface area contributed by atoms with Crippen molar-refractivity contribution in [1.82, 2.24) is 9.97 Å². The van der Waals surface area contributed by atoms with E-state index in [4.69, 9.17) is 11.6 Å². The maximum absolute atomic E-state index is 5.89. The van der Waals surface area contributed by atoms with E-state index in [1.807, 2.05) is 23.8 Å². The molecule has 2 rings (SSSR count). The lowest BCUT2D eigenvalue weighted by atomic mass is 10.3. The van der Waals surface area contributed by atoms with Crippen molar-refractivity contribution >= 4 is 34.7 Å². The first-order chi connectivity index (χ1) is 6.79. The minimum atomic E-state index is 0.493. The summed E-state index contributed by atoms with van der Waals surface area (Å²) in [6.45, 7) is 0. The zero-order valence-corrected chi connectivity index (χ0v) is 9.79. The van der Waals surface area contributed by atoms with E-state index in [2.05, 4.69) is 9.97 Å². The van der Waals surface area contributed by atoms with Crippen LogP contribution in [0.4, 0.5) is 0 Å². The van der Waals surface area contributed by atoms with Gasteiger partial charge in [-0.15, -0.1) is 11.3 Å². The van der Waals surface area contributed by atoms with E-state index in [1.54, 1.807) is 17.4 Å². The van der Waals surface area contributed by atoms with Gasteiger partial charge in [0.25, 0.3) is 0 Å². The van der Waals surface area contributed by atoms with Gasteiger partial charge in [0.15, 0.2) is 5.16 Å². The Morgan fingerprint density at radius 2 is 2.29 bits per heavy atom. The van der Waals surface area contributed by atoms with Crippen molar-refractivity contribution in [3.8, 4) is 10.6 Å². The molecule has 0 saturated carbocycles. The van der Waals surface area contributed by atoms with Crippen LogP contribution in [-0.4, -0.2) is 16.2 Å². The van der Waals surface area contributed by atoms with Crippen molar-refractivity contribution in [2.24, 2.45) is 0 Å². The topological polar surface area (TPSA) is 25.8 Å². The number of hydrogen-bond acceptors (Lipinski definition) is 4. The molecule has 0 aliphatic carbocycles. The Bertz CT molecular complexity index is 428. The second-order valence-corrected chi connectivity index (χ2v) is 4.65. The molecule has 0 aromatic carbocycles. The minimum absolute atomic E-state index is 0.493. The second-order valence-electron chi connectivity index (χ2n) is 2.54. The van der Waals surface area contributed by atoms with Gasteiger partial charge in [0.1, 0.15) is 5.15 Å². The highest BCUT2D eigenvalue weighted by Crippen LogP contribution is 2.26. The molecule has 72 valence electrons. The third kappa shape index (κ3) is 2.08. The first-order valence-corrected chi connectivity index (χ1v) is 6.40. The molecule has 0 amide bonds. The van der Waals surface area contributed by atoms with Crippen LogP contribution in [0, 0.1) is 0 Å². The SMILES string of the molecule is CSc1nc(Cl)cc(-c2cccs2)n1. The smallest absolute Gasteiger partial charge is 0.189 e. The molecule has 0 atom stereocenters. The lowest BCUT2D eigenvalue weighted by Gasteiger charge is -2.00. The minimum Gasteiger partial charge on any atom is -0.222 e. The Morgan fingerprint density at radius 3 is 2.93 bits per heavy atom. The molecule has 2 nitrogen and oxygen atoms in total. The Hall–Kier alpha value is -0.580. The molecule has 0 bridgehead atoms. The maximum atomic E-state index is 5.89. The highest BCUT2D eigenvalue weighted by atomic mass is 35.5. The summed E-state index contributed by atoms with van der Waals surface area (Å²) >= 11 is 9.02. The number of rotatable bonds is 2. The van der Waals surface area contributed by atoms with Crippen LogP contribution in [0.25, 0.3) is 10.6 Å². The van der Waals surface area contributed by atoms with Crippen molar-refractivity contribution < 1.29 is 0 Å². The molecule has 0 spiro atoms. The van der Waals surface area contributed by atoms with E-state index in [0.29, 0.717) is 10.3 Å². The molecule has 2 aromatic heterocycles. The Kier molecular flexibility index (Phi) is 3.05. The zero-order valence-electron chi connectivity index (χ0n) is 7.40. The molecular weight excluding hydrogens is 236 g/mol. The van der Waals surface area contributed by atoms with Gasteiger partial charge in [-0.25, -0.2) is 9.97 Å². The van der Waals surface area contributed by atoms with E-state index < -0.39 is 0 Å². The lowest BCUT2D eigenvalue weighted by molar-refractivity contribution is 0.979. The molecule has 2 aromatic rings. The van der Waals surface area contributed by atoms with Crippen LogP contribution in [-0.2, 0) is 0 Å². The Morgan fingerprint density at radius 1 is 1.43 bits per heavy atom. The summed E-state index contributed by atoms with van der Waals surface area (Å²) in [5.41, 5.74) is 0.893. The third-order valence-electron chi connectivity index (χ3n) is 1.63. The van der Waals surface area contributed by atoms with Gasteiger partial charge in [0.05, 0.1) is 10.6 Å². The van der Waals surface area contributed by atoms with Crippen molar-refractivity contribution in [1.29, 1.82) is 0 Å². The van der Waals surface area contributed by atoms with Gasteiger partial charge < -0.3 is 0 Å². The van der Waals surface area contributed by atoms with Gasteiger partial charge in [-0.3, -0.25) is 0 Å². The fraction of sp³-hybridized carbons (Fsp3) is 0.111. The number of halogens is 1. The van der Waals surface area contributed by atoms with Crippen LogP contribution in [0.5, 0.6) is 0 Å². The maximum Gasteiger partial charge on any atom is 0.189 e. The van der Waals surface area contributed by atoms with E-state index in [9.17, 15) is 0 Å². The van der Waals surface area contributed by atoms with Crippen LogP contribution < -0.4 is 0 Å². The third-order valence-corrected chi connectivity index (χ3v) is 3.26. The van der Waals surface area contributed by atoms with Crippen molar-refractivity contribution in [2.75, 3.05) is 6.26 Å². The van der Waals surface area contributed by atoms with Gasteiger partial charge in [-0.1, -0.05) is 29.4 Å². The number of hydrogen-bond donors (Lipinski definition) is 0. The first-order valence-electron chi connectivity index (χ1n) is 3.92. The highest BCUT2D eigenvalue weighted by molar-refractivity contribution is 7.98. The molecule has 0 aliphatic rings. The van der Waals surface area contributed by atoms with Gasteiger partial charge >= 0.3 is 0 Å². The number of thioether (sulfide) groups is 1. The summed E-state index contributed by atoms with van der Waals surface area (Å²) in [6, 6.07) is 5.80. The van der Waals surface area contributed by atoms with Gasteiger partial charge in [-0.2, -0.15) is 0 Å². The molecule has 14 heavy (non-hydrogen) atoms. The van der Waals surface area contributed by atoms with E-state index >= 15 is 0 Å². The summed E-state index contributed by atoms with van der Waals surface area (Å²) in [5, 5.41) is 3.22. The largest absolute Gasteiger partial charge is 0.222 e. The van der Waals surface area contributed by atoms with Crippen LogP contribution in [0.15, 0.2) is 28.7 Å². The van der Waals surface area contributed by atoms with Crippen molar-refractivity contribution in [3.63, 3.8) is 0 Å². The van der Waals surface area contributed by atoms with E-state index in [1.165, 1.54) is 11.8 Å². The zero-order chi connectivity index (χ0) is 9.97. The standard InChI is InChI=1S/C9H7ClN2S2/c1-13-9-11-6(5-8(10)12-9)7-3-2-4-14-7/h2-5H,1H3. The molecule has 0 saturated heterocycles. The number of nitrogens with zero attached hydrogens (tertiary/aromatic N) is 2. The fourth-order valence-corrected chi connectivity index (χ4v) is 2.34. The quantitative estimate of drug-likeness (QED) is 0.457. The van der Waals surface area contributed by atoms with Gasteiger partial charge in [0.2, 0.25) is 0 Å². The molecule has 0 unspecified atom stereocenters. The van der Waals surface area contributed by atoms with E-state index in [-0.39, 0.29) is 0 Å². The normalized spacial score (nSPS) is 10.4. The molecule has 5 heteroatoms. The summed E-state index contributed by atoms with van der Waals surface area (Å²) in [6.07, 6.45) is 1.93.